The largest absolute Gasteiger partial charge is 0.506 e. The zero-order valence-electron chi connectivity index (χ0n) is 14.5. The Kier molecular flexibility index (Phi) is 6.04. The topological polar surface area (TPSA) is 51.1 Å². The summed E-state index contributed by atoms with van der Waals surface area (Å²) in [4.78, 5) is 8.93. The van der Waals surface area contributed by atoms with Gasteiger partial charge in [-0.15, -0.1) is 0 Å². The van der Waals surface area contributed by atoms with Gasteiger partial charge in [0.1, 0.15) is 5.75 Å². The molecule has 5 nitrogen and oxygen atoms in total. The average molecular weight is 337 g/mol. The van der Waals surface area contributed by atoms with Crippen LogP contribution in [0.25, 0.3) is 0 Å². The smallest absolute Gasteiger partial charge is 0.193 e. The number of phenols is 1. The van der Waals surface area contributed by atoms with Gasteiger partial charge in [0.15, 0.2) is 5.96 Å². The maximum atomic E-state index is 9.99. The summed E-state index contributed by atoms with van der Waals surface area (Å²) in [6, 6.07) is 7.53. The van der Waals surface area contributed by atoms with E-state index in [1.807, 2.05) is 37.0 Å². The molecule has 1 aromatic rings. The van der Waals surface area contributed by atoms with Crippen molar-refractivity contribution in [2.45, 2.75) is 18.6 Å². The van der Waals surface area contributed by atoms with E-state index in [4.69, 9.17) is 0 Å². The van der Waals surface area contributed by atoms with Gasteiger partial charge in [0.25, 0.3) is 0 Å². The van der Waals surface area contributed by atoms with Crippen LogP contribution in [0.4, 0.5) is 5.69 Å². The van der Waals surface area contributed by atoms with Gasteiger partial charge in [-0.2, -0.15) is 11.8 Å². The summed E-state index contributed by atoms with van der Waals surface area (Å²) < 4.78 is 0.188. The standard InChI is InChI=1S/C17H28N4OS/c1-17(2,23-4)13-19-16(18-3)21-11-9-20(10-12-21)14-7-5-6-8-15(14)22/h5-8,22H,9-13H2,1-4H3,(H,18,19). The first-order chi connectivity index (χ1) is 11.0. The van der Waals surface area contributed by atoms with Crippen LogP contribution >= 0.6 is 11.8 Å². The molecule has 0 aliphatic carbocycles. The summed E-state index contributed by atoms with van der Waals surface area (Å²) in [6.07, 6.45) is 2.13. The van der Waals surface area contributed by atoms with E-state index in [1.54, 1.807) is 6.07 Å². The van der Waals surface area contributed by atoms with Crippen LogP contribution in [0, 0.1) is 0 Å². The Morgan fingerprint density at radius 1 is 1.26 bits per heavy atom. The number of nitrogens with one attached hydrogen (secondary N) is 1. The van der Waals surface area contributed by atoms with Crippen LogP contribution in [0.3, 0.4) is 0 Å². The van der Waals surface area contributed by atoms with Crippen molar-refractivity contribution in [2.24, 2.45) is 4.99 Å². The Balaban J connectivity index is 1.91. The number of hydrogen-bond donors (Lipinski definition) is 2. The van der Waals surface area contributed by atoms with Crippen LogP contribution in [0.15, 0.2) is 29.3 Å². The molecule has 6 heteroatoms. The van der Waals surface area contributed by atoms with Gasteiger partial charge in [-0.05, 0) is 32.2 Å². The van der Waals surface area contributed by atoms with E-state index < -0.39 is 0 Å². The van der Waals surface area contributed by atoms with E-state index in [2.05, 4.69) is 40.2 Å². The summed E-state index contributed by atoms with van der Waals surface area (Å²) in [7, 11) is 1.84. The van der Waals surface area contributed by atoms with Gasteiger partial charge < -0.3 is 20.2 Å². The highest BCUT2D eigenvalue weighted by atomic mass is 32.2. The summed E-state index contributed by atoms with van der Waals surface area (Å²) in [5, 5.41) is 13.5. The molecule has 23 heavy (non-hydrogen) atoms. The molecule has 0 atom stereocenters. The molecular weight excluding hydrogens is 308 g/mol. The molecule has 1 saturated heterocycles. The van der Waals surface area contributed by atoms with Crippen molar-refractivity contribution < 1.29 is 5.11 Å². The van der Waals surface area contributed by atoms with Crippen LogP contribution in [0.2, 0.25) is 0 Å². The normalized spacial score (nSPS) is 16.6. The fraction of sp³-hybridized carbons (Fsp3) is 0.588. The molecule has 2 rings (SSSR count). The fourth-order valence-electron chi connectivity index (χ4n) is 2.59. The Hall–Kier alpha value is -1.56. The van der Waals surface area contributed by atoms with Crippen molar-refractivity contribution in [3.05, 3.63) is 24.3 Å². The Labute approximate surface area is 143 Å². The minimum Gasteiger partial charge on any atom is -0.506 e. The minimum absolute atomic E-state index is 0.188. The van der Waals surface area contributed by atoms with Crippen LogP contribution in [-0.4, -0.2) is 66.7 Å². The maximum absolute atomic E-state index is 9.99. The predicted octanol–water partition coefficient (Wildman–Crippen LogP) is 2.23. The molecule has 1 fully saturated rings. The van der Waals surface area contributed by atoms with E-state index >= 15 is 0 Å². The number of guanidine groups is 1. The van der Waals surface area contributed by atoms with Gasteiger partial charge in [-0.25, -0.2) is 0 Å². The van der Waals surface area contributed by atoms with Crippen LogP contribution in [-0.2, 0) is 0 Å². The summed E-state index contributed by atoms with van der Waals surface area (Å²) in [6.45, 7) is 8.90. The lowest BCUT2D eigenvalue weighted by molar-refractivity contribution is 0.368. The SMILES string of the molecule is CN=C(NCC(C)(C)SC)N1CCN(c2ccccc2O)CC1. The number of benzene rings is 1. The molecule has 0 unspecified atom stereocenters. The molecule has 0 amide bonds. The number of aliphatic imine (C=N–C) groups is 1. The fourth-order valence-corrected chi connectivity index (χ4v) is 2.80. The number of piperazine rings is 1. The highest BCUT2D eigenvalue weighted by Gasteiger charge is 2.23. The van der Waals surface area contributed by atoms with Crippen LogP contribution in [0.5, 0.6) is 5.75 Å². The van der Waals surface area contributed by atoms with Crippen molar-refractivity contribution in [3.8, 4) is 5.75 Å². The number of hydrogen-bond acceptors (Lipinski definition) is 4. The zero-order valence-corrected chi connectivity index (χ0v) is 15.4. The molecule has 0 spiro atoms. The monoisotopic (exact) mass is 336 g/mol. The molecule has 0 aromatic heterocycles. The van der Waals surface area contributed by atoms with Crippen LogP contribution in [0.1, 0.15) is 13.8 Å². The molecule has 2 N–H and O–H groups in total. The van der Waals surface area contributed by atoms with Gasteiger partial charge in [-0.3, -0.25) is 4.99 Å². The van der Waals surface area contributed by atoms with E-state index in [0.29, 0.717) is 5.75 Å². The summed E-state index contributed by atoms with van der Waals surface area (Å²) in [5.41, 5.74) is 0.915. The second-order valence-corrected chi connectivity index (χ2v) is 7.84. The molecule has 128 valence electrons. The maximum Gasteiger partial charge on any atom is 0.193 e. The highest BCUT2D eigenvalue weighted by Crippen LogP contribution is 2.27. The van der Waals surface area contributed by atoms with Gasteiger partial charge in [0, 0.05) is 44.5 Å². The second-order valence-electron chi connectivity index (χ2n) is 6.33. The second kappa shape index (κ2) is 7.81. The number of aromatic hydroxyl groups is 1. The number of thioether (sulfide) groups is 1. The molecule has 0 saturated carbocycles. The van der Waals surface area contributed by atoms with E-state index in [9.17, 15) is 5.11 Å². The first kappa shape index (κ1) is 17.8. The minimum atomic E-state index is 0.188. The van der Waals surface area contributed by atoms with E-state index in [-0.39, 0.29) is 4.75 Å². The van der Waals surface area contributed by atoms with Crippen molar-refractivity contribution >= 4 is 23.4 Å². The summed E-state index contributed by atoms with van der Waals surface area (Å²) >= 11 is 1.85. The first-order valence-corrected chi connectivity index (χ1v) is 9.23. The Morgan fingerprint density at radius 3 is 2.48 bits per heavy atom. The van der Waals surface area contributed by atoms with Gasteiger partial charge in [-0.1, -0.05) is 12.1 Å². The molecule has 1 aromatic carbocycles. The number of rotatable bonds is 4. The number of para-hydroxylation sites is 2. The summed E-state index contributed by atoms with van der Waals surface area (Å²) in [5.74, 6) is 1.31. The third-order valence-corrected chi connectivity index (χ3v) is 5.49. The lowest BCUT2D eigenvalue weighted by atomic mass is 10.2. The zero-order chi connectivity index (χ0) is 16.9. The van der Waals surface area contributed by atoms with Gasteiger partial charge in [0.05, 0.1) is 5.69 Å². The van der Waals surface area contributed by atoms with Crippen molar-refractivity contribution in [1.82, 2.24) is 10.2 Å². The average Bonchev–Trinajstić information content (AvgIpc) is 2.56. The number of phenolic OH excluding ortho intramolecular Hbond substituents is 1. The molecule has 1 aliphatic rings. The van der Waals surface area contributed by atoms with E-state index in [1.165, 1.54) is 0 Å². The third kappa shape index (κ3) is 4.70. The van der Waals surface area contributed by atoms with Crippen LogP contribution < -0.4 is 10.2 Å². The van der Waals surface area contributed by atoms with Gasteiger partial charge in [0.2, 0.25) is 0 Å². The molecular formula is C17H28N4OS. The third-order valence-electron chi connectivity index (χ3n) is 4.24. The van der Waals surface area contributed by atoms with Gasteiger partial charge >= 0.3 is 0 Å². The molecule has 0 bridgehead atoms. The number of nitrogens with zero attached hydrogens (tertiary/aromatic N) is 3. The lowest BCUT2D eigenvalue weighted by Gasteiger charge is -2.38. The Morgan fingerprint density at radius 2 is 1.91 bits per heavy atom. The van der Waals surface area contributed by atoms with E-state index in [0.717, 1.165) is 44.4 Å². The van der Waals surface area contributed by atoms with Crippen molar-refractivity contribution in [3.63, 3.8) is 0 Å². The van der Waals surface area contributed by atoms with Crippen molar-refractivity contribution in [1.29, 1.82) is 0 Å². The quantitative estimate of drug-likeness (QED) is 0.652. The molecule has 0 radical (unpaired) electrons. The highest BCUT2D eigenvalue weighted by molar-refractivity contribution is 7.99. The lowest BCUT2D eigenvalue weighted by Crippen LogP contribution is -2.54. The molecule has 1 aliphatic heterocycles. The number of anilines is 1. The molecule has 1 heterocycles. The predicted molar refractivity (Wildman–Crippen MR) is 101 cm³/mol. The van der Waals surface area contributed by atoms with Crippen molar-refractivity contribution in [2.75, 3.05) is 50.9 Å². The first-order valence-electron chi connectivity index (χ1n) is 8.00. The Bertz CT molecular complexity index is 539.